The van der Waals surface area contributed by atoms with Crippen molar-refractivity contribution in [2.45, 2.75) is 12.4 Å². The molecule has 0 amide bonds. The molecule has 1 aromatic rings. The van der Waals surface area contributed by atoms with E-state index in [1.165, 1.54) is 6.92 Å². The Morgan fingerprint density at radius 2 is 2.25 bits per heavy atom. The van der Waals surface area contributed by atoms with Gasteiger partial charge in [-0.3, -0.25) is 4.79 Å². The topological polar surface area (TPSA) is 51.0 Å². The normalized spacial score (nSPS) is 12.7. The maximum Gasteiger partial charge on any atom is 0.302 e. The number of azo groups is 1. The highest BCUT2D eigenvalue weighted by molar-refractivity contribution is 14.1. The standard InChI is InChI=1S/C10H10ClIN2O2/c1-7(15)16-6-10(11)14-13-9-5-3-2-4-8(9)12/h2-5,10H,6H2,1H3. The Kier molecular flexibility index (Phi) is 5.68. The van der Waals surface area contributed by atoms with Crippen molar-refractivity contribution in [2.75, 3.05) is 6.61 Å². The van der Waals surface area contributed by atoms with Crippen molar-refractivity contribution in [1.29, 1.82) is 0 Å². The molecule has 0 bridgehead atoms. The number of carbonyl (C=O) groups is 1. The molecule has 1 aromatic carbocycles. The van der Waals surface area contributed by atoms with E-state index in [4.69, 9.17) is 16.3 Å². The van der Waals surface area contributed by atoms with E-state index in [-0.39, 0.29) is 12.6 Å². The van der Waals surface area contributed by atoms with Crippen molar-refractivity contribution in [3.8, 4) is 0 Å². The molecular weight excluding hydrogens is 342 g/mol. The number of hydrogen-bond donors (Lipinski definition) is 0. The summed E-state index contributed by atoms with van der Waals surface area (Å²) in [5.41, 5.74) is 0.0940. The van der Waals surface area contributed by atoms with Crippen LogP contribution in [0.25, 0.3) is 0 Å². The Morgan fingerprint density at radius 3 is 2.88 bits per heavy atom. The van der Waals surface area contributed by atoms with E-state index in [1.54, 1.807) is 0 Å². The first kappa shape index (κ1) is 13.4. The number of hydrogen-bond acceptors (Lipinski definition) is 4. The van der Waals surface area contributed by atoms with Crippen LogP contribution in [0.1, 0.15) is 6.92 Å². The van der Waals surface area contributed by atoms with E-state index in [9.17, 15) is 4.79 Å². The summed E-state index contributed by atoms with van der Waals surface area (Å²) in [5.74, 6) is -0.379. The molecule has 0 fully saturated rings. The van der Waals surface area contributed by atoms with Crippen LogP contribution >= 0.6 is 34.2 Å². The van der Waals surface area contributed by atoms with Crippen LogP contribution in [0.2, 0.25) is 0 Å². The van der Waals surface area contributed by atoms with Crippen molar-refractivity contribution < 1.29 is 9.53 Å². The zero-order chi connectivity index (χ0) is 12.0. The fourth-order valence-corrected chi connectivity index (χ4v) is 1.48. The molecule has 0 aliphatic rings. The van der Waals surface area contributed by atoms with Gasteiger partial charge in [-0.2, -0.15) is 10.2 Å². The number of halogens is 2. The average molecular weight is 353 g/mol. The molecule has 0 saturated carbocycles. The molecule has 16 heavy (non-hydrogen) atoms. The zero-order valence-corrected chi connectivity index (χ0v) is 11.5. The van der Waals surface area contributed by atoms with E-state index < -0.39 is 5.50 Å². The molecule has 1 rings (SSSR count). The first-order valence-electron chi connectivity index (χ1n) is 4.52. The van der Waals surface area contributed by atoms with Crippen molar-refractivity contribution in [1.82, 2.24) is 0 Å². The second kappa shape index (κ2) is 6.80. The van der Waals surface area contributed by atoms with Crippen molar-refractivity contribution >= 4 is 45.8 Å². The molecule has 86 valence electrons. The maximum absolute atomic E-state index is 10.5. The number of nitrogens with zero attached hydrogens (tertiary/aromatic N) is 2. The third kappa shape index (κ3) is 4.89. The van der Waals surface area contributed by atoms with Gasteiger partial charge in [0.25, 0.3) is 0 Å². The molecular formula is C10H10ClIN2O2. The quantitative estimate of drug-likeness (QED) is 0.274. The predicted octanol–water partition coefficient (Wildman–Crippen LogP) is 3.50. The van der Waals surface area contributed by atoms with Crippen molar-refractivity contribution in [3.05, 3.63) is 27.8 Å². The highest BCUT2D eigenvalue weighted by Gasteiger charge is 2.04. The fourth-order valence-electron chi connectivity index (χ4n) is 0.877. The Balaban J connectivity index is 2.53. The number of esters is 1. The van der Waals surface area contributed by atoms with Gasteiger partial charge in [0.1, 0.15) is 6.61 Å². The van der Waals surface area contributed by atoms with E-state index in [1.807, 2.05) is 24.3 Å². The Morgan fingerprint density at radius 1 is 1.56 bits per heavy atom. The molecule has 6 heteroatoms. The summed E-state index contributed by atoms with van der Waals surface area (Å²) in [6.07, 6.45) is 0. The monoisotopic (exact) mass is 352 g/mol. The van der Waals surface area contributed by atoms with Crippen LogP contribution in [0.3, 0.4) is 0 Å². The summed E-state index contributed by atoms with van der Waals surface area (Å²) in [7, 11) is 0. The van der Waals surface area contributed by atoms with E-state index >= 15 is 0 Å². The van der Waals surface area contributed by atoms with Crippen LogP contribution in [0.5, 0.6) is 0 Å². The summed E-state index contributed by atoms with van der Waals surface area (Å²) >= 11 is 7.94. The minimum atomic E-state index is -0.653. The second-order valence-electron chi connectivity index (χ2n) is 2.90. The predicted molar refractivity (Wildman–Crippen MR) is 69.9 cm³/mol. The molecule has 0 aliphatic carbocycles. The van der Waals surface area contributed by atoms with Gasteiger partial charge in [-0.1, -0.05) is 23.7 Å². The highest BCUT2D eigenvalue weighted by Crippen LogP contribution is 2.21. The lowest BCUT2D eigenvalue weighted by Gasteiger charge is -2.03. The van der Waals surface area contributed by atoms with E-state index in [0.29, 0.717) is 0 Å². The Labute approximate surface area is 112 Å². The molecule has 0 radical (unpaired) electrons. The lowest BCUT2D eigenvalue weighted by molar-refractivity contribution is -0.140. The van der Waals surface area contributed by atoms with Gasteiger partial charge >= 0.3 is 5.97 Å². The largest absolute Gasteiger partial charge is 0.462 e. The Bertz CT molecular complexity index is 398. The number of alkyl halides is 1. The summed E-state index contributed by atoms with van der Waals surface area (Å²) in [6.45, 7) is 1.35. The molecule has 0 N–H and O–H groups in total. The first-order valence-corrected chi connectivity index (χ1v) is 6.04. The molecule has 0 aromatic heterocycles. The Hall–Kier alpha value is -0.690. The molecule has 1 atom stereocenters. The van der Waals surface area contributed by atoms with Gasteiger partial charge in [-0.25, -0.2) is 0 Å². The third-order valence-corrected chi connectivity index (χ3v) is 2.69. The fraction of sp³-hybridized carbons (Fsp3) is 0.300. The molecule has 0 heterocycles. The van der Waals surface area contributed by atoms with Crippen LogP contribution in [0, 0.1) is 3.57 Å². The van der Waals surface area contributed by atoms with Gasteiger partial charge in [0.2, 0.25) is 0 Å². The van der Waals surface area contributed by atoms with Crippen LogP contribution in [-0.4, -0.2) is 18.1 Å². The third-order valence-electron chi connectivity index (χ3n) is 1.57. The van der Waals surface area contributed by atoms with Gasteiger partial charge in [0.05, 0.1) is 5.69 Å². The zero-order valence-electron chi connectivity index (χ0n) is 8.56. The molecule has 4 nitrogen and oxygen atoms in total. The van der Waals surface area contributed by atoms with E-state index in [2.05, 4.69) is 32.8 Å². The average Bonchev–Trinajstić information content (AvgIpc) is 2.25. The first-order chi connectivity index (χ1) is 7.59. The highest BCUT2D eigenvalue weighted by atomic mass is 127. The lowest BCUT2D eigenvalue weighted by atomic mass is 10.3. The van der Waals surface area contributed by atoms with Crippen LogP contribution in [0.4, 0.5) is 5.69 Å². The molecule has 0 aliphatic heterocycles. The number of rotatable bonds is 4. The maximum atomic E-state index is 10.5. The van der Waals surface area contributed by atoms with Gasteiger partial charge in [0, 0.05) is 10.5 Å². The molecule has 0 saturated heterocycles. The molecule has 1 unspecified atom stereocenters. The lowest BCUT2D eigenvalue weighted by Crippen LogP contribution is -2.09. The minimum absolute atomic E-state index is 0.0315. The van der Waals surface area contributed by atoms with Crippen LogP contribution in [-0.2, 0) is 9.53 Å². The van der Waals surface area contributed by atoms with Crippen LogP contribution < -0.4 is 0 Å². The van der Waals surface area contributed by atoms with Gasteiger partial charge in [-0.05, 0) is 34.7 Å². The molecule has 0 spiro atoms. The van der Waals surface area contributed by atoms with Gasteiger partial charge in [-0.15, -0.1) is 0 Å². The second-order valence-corrected chi connectivity index (χ2v) is 4.57. The van der Waals surface area contributed by atoms with Gasteiger partial charge < -0.3 is 4.74 Å². The summed E-state index contributed by atoms with van der Waals surface area (Å²) in [5, 5.41) is 7.81. The minimum Gasteiger partial charge on any atom is -0.462 e. The van der Waals surface area contributed by atoms with Crippen molar-refractivity contribution in [2.24, 2.45) is 10.2 Å². The summed E-state index contributed by atoms with van der Waals surface area (Å²) in [6, 6.07) is 7.54. The van der Waals surface area contributed by atoms with E-state index in [0.717, 1.165) is 9.26 Å². The van der Waals surface area contributed by atoms with Crippen molar-refractivity contribution in [3.63, 3.8) is 0 Å². The number of ether oxygens (including phenoxy) is 1. The SMILES string of the molecule is CC(=O)OCC(Cl)N=Nc1ccccc1I. The number of benzene rings is 1. The van der Waals surface area contributed by atoms with Crippen LogP contribution in [0.15, 0.2) is 34.5 Å². The van der Waals surface area contributed by atoms with Gasteiger partial charge in [0.15, 0.2) is 5.50 Å². The smallest absolute Gasteiger partial charge is 0.302 e. The number of carbonyl (C=O) groups excluding carboxylic acids is 1. The summed E-state index contributed by atoms with van der Waals surface area (Å²) in [4.78, 5) is 10.5. The summed E-state index contributed by atoms with van der Waals surface area (Å²) < 4.78 is 5.68.